The van der Waals surface area contributed by atoms with Gasteiger partial charge in [-0.3, -0.25) is 13.9 Å². The fraction of sp³-hybridized carbons (Fsp3) is 0.600. The molecule has 6 heteroatoms. The summed E-state index contributed by atoms with van der Waals surface area (Å²) in [6.45, 7) is 2.60. The third-order valence-electron chi connectivity index (χ3n) is 2.20. The van der Waals surface area contributed by atoms with E-state index in [4.69, 9.17) is 5.11 Å². The molecule has 0 aliphatic carbocycles. The van der Waals surface area contributed by atoms with Gasteiger partial charge in [0, 0.05) is 18.9 Å². The van der Waals surface area contributed by atoms with Gasteiger partial charge in [0.15, 0.2) is 0 Å². The average molecular weight is 228 g/mol. The summed E-state index contributed by atoms with van der Waals surface area (Å²) in [6.07, 6.45) is 2.66. The first-order chi connectivity index (χ1) is 7.54. The standard InChI is InChI=1S/C10H16N2O4/c1-2-3-11-4-5-12(10(11)16)7-8(13)6-9(14)15/h4-5,8,13H,2-3,6-7H2,1H3,(H,14,15). The van der Waals surface area contributed by atoms with Crippen molar-refractivity contribution in [3.05, 3.63) is 22.9 Å². The molecule has 16 heavy (non-hydrogen) atoms. The van der Waals surface area contributed by atoms with E-state index in [0.717, 1.165) is 6.42 Å². The topological polar surface area (TPSA) is 84.5 Å². The minimum Gasteiger partial charge on any atom is -0.481 e. The quantitative estimate of drug-likeness (QED) is 0.711. The van der Waals surface area contributed by atoms with Crippen LogP contribution >= 0.6 is 0 Å². The van der Waals surface area contributed by atoms with Gasteiger partial charge in [-0.05, 0) is 6.42 Å². The molecule has 1 aromatic rings. The maximum atomic E-state index is 11.6. The van der Waals surface area contributed by atoms with Gasteiger partial charge in [-0.15, -0.1) is 0 Å². The number of carbonyl (C=O) groups is 1. The number of aliphatic hydroxyl groups is 1. The van der Waals surface area contributed by atoms with E-state index in [1.165, 1.54) is 9.13 Å². The van der Waals surface area contributed by atoms with Gasteiger partial charge in [0.25, 0.3) is 0 Å². The second-order valence-corrected chi connectivity index (χ2v) is 3.68. The number of aryl methyl sites for hydroxylation is 1. The number of aromatic nitrogens is 2. The summed E-state index contributed by atoms with van der Waals surface area (Å²) in [6, 6.07) is 0. The number of carboxylic acids is 1. The monoisotopic (exact) mass is 228 g/mol. The minimum absolute atomic E-state index is 0.0157. The first-order valence-electron chi connectivity index (χ1n) is 5.20. The lowest BCUT2D eigenvalue weighted by molar-refractivity contribution is -0.139. The first-order valence-corrected chi connectivity index (χ1v) is 5.20. The number of hydrogen-bond acceptors (Lipinski definition) is 3. The summed E-state index contributed by atoms with van der Waals surface area (Å²) in [7, 11) is 0. The van der Waals surface area contributed by atoms with Gasteiger partial charge in [-0.25, -0.2) is 4.79 Å². The van der Waals surface area contributed by atoms with E-state index in [-0.39, 0.29) is 18.7 Å². The Balaban J connectivity index is 2.67. The van der Waals surface area contributed by atoms with E-state index < -0.39 is 12.1 Å². The highest BCUT2D eigenvalue weighted by Crippen LogP contribution is 1.96. The highest BCUT2D eigenvalue weighted by molar-refractivity contribution is 5.67. The van der Waals surface area contributed by atoms with Crippen LogP contribution in [0.3, 0.4) is 0 Å². The summed E-state index contributed by atoms with van der Waals surface area (Å²) in [5.74, 6) is -1.08. The molecule has 1 rings (SSSR count). The summed E-state index contributed by atoms with van der Waals surface area (Å²) in [5.41, 5.74) is -0.216. The summed E-state index contributed by atoms with van der Waals surface area (Å²) in [5, 5.41) is 17.9. The SMILES string of the molecule is CCCn1ccn(CC(O)CC(=O)O)c1=O. The van der Waals surface area contributed by atoms with Crippen molar-refractivity contribution in [3.8, 4) is 0 Å². The normalized spacial score (nSPS) is 12.6. The Bertz CT molecular complexity index is 407. The maximum absolute atomic E-state index is 11.6. The predicted octanol–water partition coefficient (Wildman–Crippen LogP) is -0.105. The lowest BCUT2D eigenvalue weighted by atomic mass is 10.2. The van der Waals surface area contributed by atoms with Crippen LogP contribution in [0.15, 0.2) is 17.2 Å². The van der Waals surface area contributed by atoms with Gasteiger partial charge in [-0.1, -0.05) is 6.92 Å². The Kier molecular flexibility index (Phi) is 4.30. The molecule has 0 radical (unpaired) electrons. The minimum atomic E-state index is -1.08. The molecule has 0 saturated heterocycles. The van der Waals surface area contributed by atoms with Gasteiger partial charge in [0.05, 0.1) is 19.1 Å². The van der Waals surface area contributed by atoms with E-state index in [1.54, 1.807) is 12.4 Å². The summed E-state index contributed by atoms with van der Waals surface area (Å²) < 4.78 is 2.86. The third kappa shape index (κ3) is 3.23. The second kappa shape index (κ2) is 5.50. The summed E-state index contributed by atoms with van der Waals surface area (Å²) >= 11 is 0. The van der Waals surface area contributed by atoms with E-state index >= 15 is 0 Å². The number of aliphatic hydroxyl groups excluding tert-OH is 1. The van der Waals surface area contributed by atoms with Crippen molar-refractivity contribution in [1.82, 2.24) is 9.13 Å². The smallest absolute Gasteiger partial charge is 0.328 e. The van der Waals surface area contributed by atoms with Gasteiger partial charge in [0.1, 0.15) is 0 Å². The number of carboxylic acid groups (broad SMARTS) is 1. The molecule has 0 fully saturated rings. The molecule has 6 nitrogen and oxygen atoms in total. The van der Waals surface area contributed by atoms with Crippen LogP contribution in [0.5, 0.6) is 0 Å². The molecule has 0 aromatic carbocycles. The first kappa shape index (κ1) is 12.5. The van der Waals surface area contributed by atoms with Crippen LogP contribution in [0.1, 0.15) is 19.8 Å². The zero-order valence-electron chi connectivity index (χ0n) is 9.17. The van der Waals surface area contributed by atoms with E-state index in [0.29, 0.717) is 6.54 Å². The number of nitrogens with zero attached hydrogens (tertiary/aromatic N) is 2. The molecule has 0 aliphatic heterocycles. The maximum Gasteiger partial charge on any atom is 0.328 e. The zero-order valence-corrected chi connectivity index (χ0v) is 9.17. The molecular weight excluding hydrogens is 212 g/mol. The molecule has 0 spiro atoms. The molecule has 0 bridgehead atoms. The van der Waals surface area contributed by atoms with Crippen LogP contribution in [0.2, 0.25) is 0 Å². The van der Waals surface area contributed by atoms with Gasteiger partial charge < -0.3 is 10.2 Å². The van der Waals surface area contributed by atoms with Crippen molar-refractivity contribution in [3.63, 3.8) is 0 Å². The van der Waals surface area contributed by atoms with E-state index in [9.17, 15) is 14.7 Å². The van der Waals surface area contributed by atoms with Crippen LogP contribution < -0.4 is 5.69 Å². The number of rotatable bonds is 6. The Labute approximate surface area is 92.7 Å². The van der Waals surface area contributed by atoms with Crippen LogP contribution in [-0.2, 0) is 17.9 Å². The van der Waals surface area contributed by atoms with Crippen LogP contribution in [0.4, 0.5) is 0 Å². The molecule has 1 atom stereocenters. The van der Waals surface area contributed by atoms with Gasteiger partial charge in [-0.2, -0.15) is 0 Å². The second-order valence-electron chi connectivity index (χ2n) is 3.68. The molecule has 90 valence electrons. The van der Waals surface area contributed by atoms with Crippen LogP contribution in [-0.4, -0.2) is 31.4 Å². The number of aliphatic carboxylic acids is 1. The Hall–Kier alpha value is -1.56. The van der Waals surface area contributed by atoms with Crippen molar-refractivity contribution in [2.24, 2.45) is 0 Å². The number of hydrogen-bond donors (Lipinski definition) is 2. The largest absolute Gasteiger partial charge is 0.481 e. The highest BCUT2D eigenvalue weighted by atomic mass is 16.4. The van der Waals surface area contributed by atoms with E-state index in [1.807, 2.05) is 6.92 Å². The highest BCUT2D eigenvalue weighted by Gasteiger charge is 2.12. The lowest BCUT2D eigenvalue weighted by Crippen LogP contribution is -2.29. The van der Waals surface area contributed by atoms with Crippen molar-refractivity contribution in [1.29, 1.82) is 0 Å². The zero-order chi connectivity index (χ0) is 12.1. The Morgan fingerprint density at radius 2 is 2.06 bits per heavy atom. The van der Waals surface area contributed by atoms with Crippen LogP contribution in [0, 0.1) is 0 Å². The van der Waals surface area contributed by atoms with E-state index in [2.05, 4.69) is 0 Å². The van der Waals surface area contributed by atoms with Gasteiger partial charge in [0.2, 0.25) is 0 Å². The molecule has 1 aromatic heterocycles. The van der Waals surface area contributed by atoms with Crippen LogP contribution in [0.25, 0.3) is 0 Å². The summed E-state index contributed by atoms with van der Waals surface area (Å²) in [4.78, 5) is 22.0. The Morgan fingerprint density at radius 1 is 1.44 bits per heavy atom. The van der Waals surface area contributed by atoms with Crippen molar-refractivity contribution in [2.75, 3.05) is 0 Å². The van der Waals surface area contributed by atoms with Crippen molar-refractivity contribution in [2.45, 2.75) is 39.0 Å². The molecule has 1 heterocycles. The predicted molar refractivity (Wildman–Crippen MR) is 57.2 cm³/mol. The van der Waals surface area contributed by atoms with Crippen molar-refractivity contribution >= 4 is 5.97 Å². The number of imidazole rings is 1. The van der Waals surface area contributed by atoms with Crippen molar-refractivity contribution < 1.29 is 15.0 Å². The third-order valence-corrected chi connectivity index (χ3v) is 2.20. The molecular formula is C10H16N2O4. The lowest BCUT2D eigenvalue weighted by Gasteiger charge is -2.07. The molecule has 1 unspecified atom stereocenters. The molecule has 0 saturated carbocycles. The van der Waals surface area contributed by atoms with Gasteiger partial charge >= 0.3 is 11.7 Å². The molecule has 0 aliphatic rings. The Morgan fingerprint density at radius 3 is 2.62 bits per heavy atom. The molecule has 2 N–H and O–H groups in total. The fourth-order valence-electron chi connectivity index (χ4n) is 1.50. The fourth-order valence-corrected chi connectivity index (χ4v) is 1.50. The average Bonchev–Trinajstić information content (AvgIpc) is 2.49. The molecule has 0 amide bonds.